The zero-order valence-corrected chi connectivity index (χ0v) is 33.5. The van der Waals surface area contributed by atoms with Crippen molar-refractivity contribution in [3.63, 3.8) is 0 Å². The van der Waals surface area contributed by atoms with Gasteiger partial charge < -0.3 is 10.2 Å². The summed E-state index contributed by atoms with van der Waals surface area (Å²) in [7, 11) is 0. The molecule has 0 aliphatic heterocycles. The summed E-state index contributed by atoms with van der Waals surface area (Å²) >= 11 is 0. The minimum Gasteiger partial charge on any atom is -0.355 e. The van der Waals surface area contributed by atoms with Crippen molar-refractivity contribution in [3.05, 3.63) is 216 Å². The highest BCUT2D eigenvalue weighted by atomic mass is 15.1. The molecule has 2 atom stereocenters. The topological polar surface area (TPSA) is 15.3 Å². The quantitative estimate of drug-likeness (QED) is 0.166. The van der Waals surface area contributed by atoms with Gasteiger partial charge in [0.1, 0.15) is 0 Å². The molecule has 0 heterocycles. The first kappa shape index (κ1) is 35.8. The second kappa shape index (κ2) is 14.7. The first-order valence-corrected chi connectivity index (χ1v) is 20.8. The van der Waals surface area contributed by atoms with Crippen molar-refractivity contribution >= 4 is 34.5 Å². The van der Waals surface area contributed by atoms with Crippen LogP contribution in [0.15, 0.2) is 188 Å². The van der Waals surface area contributed by atoms with Crippen LogP contribution in [0.2, 0.25) is 0 Å². The standard InChI is InChI=1S/C56H48N2/c1-38-13-7-9-17-48(38)55-49-18-10-8-16-43(49)27-36-54(55)57-44-28-21-40(22-29-44)42-25-32-46(33-26-42)58(45-30-23-41(24-31-45)39-14-5-4-6-15-39)47-34-35-51-50-19-11-12-20-52(50)56(2,3)53(51)37-47/h4-7,9-15,17-38,48,57H,8,16H2,1-3H3. The molecule has 0 fully saturated rings. The normalized spacial score (nSPS) is 17.0. The maximum absolute atomic E-state index is 3.82. The molecule has 0 saturated heterocycles. The lowest BCUT2D eigenvalue weighted by atomic mass is 9.78. The largest absolute Gasteiger partial charge is 0.355 e. The lowest BCUT2D eigenvalue weighted by molar-refractivity contribution is 0.634. The molecular weight excluding hydrogens is 701 g/mol. The summed E-state index contributed by atoms with van der Waals surface area (Å²) in [5.41, 5.74) is 20.1. The Morgan fingerprint density at radius 1 is 0.569 bits per heavy atom. The number of allylic oxidation sites excluding steroid dienone is 5. The highest BCUT2D eigenvalue weighted by molar-refractivity contribution is 5.86. The maximum Gasteiger partial charge on any atom is 0.0465 e. The highest BCUT2D eigenvalue weighted by Gasteiger charge is 2.35. The van der Waals surface area contributed by atoms with Crippen molar-refractivity contribution in [3.8, 4) is 33.4 Å². The van der Waals surface area contributed by atoms with Crippen molar-refractivity contribution in [1.82, 2.24) is 0 Å². The Bertz CT molecular complexity index is 2710. The molecule has 2 heteroatoms. The van der Waals surface area contributed by atoms with Crippen molar-refractivity contribution in [2.24, 2.45) is 5.92 Å². The molecule has 0 saturated carbocycles. The highest BCUT2D eigenvalue weighted by Crippen LogP contribution is 2.51. The van der Waals surface area contributed by atoms with Gasteiger partial charge in [-0.25, -0.2) is 0 Å². The van der Waals surface area contributed by atoms with E-state index in [0.29, 0.717) is 11.8 Å². The van der Waals surface area contributed by atoms with Gasteiger partial charge in [0.25, 0.3) is 0 Å². The number of anilines is 5. The first-order chi connectivity index (χ1) is 28.4. The van der Waals surface area contributed by atoms with E-state index in [2.05, 4.69) is 225 Å². The SMILES string of the molecule is CC1C=CC=CC1c1c(Nc2ccc(-c3ccc(N(c4ccc(-c5ccccc5)cc4)c4ccc5c(c4)C(C)(C)c4ccccc4-5)cc3)cc2)ccc2c1C=CCC2. The van der Waals surface area contributed by atoms with Crippen LogP contribution in [-0.4, -0.2) is 0 Å². The smallest absolute Gasteiger partial charge is 0.0465 e. The fraction of sp³-hybridized carbons (Fsp3) is 0.143. The number of hydrogen-bond acceptors (Lipinski definition) is 2. The molecule has 0 radical (unpaired) electrons. The van der Waals surface area contributed by atoms with Crippen molar-refractivity contribution < 1.29 is 0 Å². The number of aryl methyl sites for hydroxylation is 1. The van der Waals surface area contributed by atoms with Gasteiger partial charge in [0.05, 0.1) is 0 Å². The lowest BCUT2D eigenvalue weighted by Crippen LogP contribution is -2.16. The Balaban J connectivity index is 0.964. The number of benzene rings is 7. The van der Waals surface area contributed by atoms with Crippen LogP contribution in [0.25, 0.3) is 39.5 Å². The Labute approximate surface area is 343 Å². The van der Waals surface area contributed by atoms with Crippen LogP contribution >= 0.6 is 0 Å². The van der Waals surface area contributed by atoms with Crippen LogP contribution in [0.3, 0.4) is 0 Å². The molecule has 58 heavy (non-hydrogen) atoms. The van der Waals surface area contributed by atoms with Gasteiger partial charge in [-0.1, -0.05) is 160 Å². The van der Waals surface area contributed by atoms with Crippen LogP contribution in [-0.2, 0) is 11.8 Å². The van der Waals surface area contributed by atoms with Gasteiger partial charge in [-0.05, 0) is 135 Å². The Hall–Kier alpha value is -6.64. The van der Waals surface area contributed by atoms with Gasteiger partial charge in [0, 0.05) is 39.8 Å². The van der Waals surface area contributed by atoms with E-state index in [1.807, 2.05) is 0 Å². The molecule has 7 aromatic rings. The fourth-order valence-electron chi connectivity index (χ4n) is 9.50. The van der Waals surface area contributed by atoms with Gasteiger partial charge in [-0.15, -0.1) is 0 Å². The number of rotatable bonds is 8. The summed E-state index contributed by atoms with van der Waals surface area (Å²) in [6.45, 7) is 7.03. The minimum absolute atomic E-state index is 0.0864. The van der Waals surface area contributed by atoms with E-state index in [9.17, 15) is 0 Å². The van der Waals surface area contributed by atoms with E-state index in [0.717, 1.165) is 35.6 Å². The van der Waals surface area contributed by atoms with Crippen molar-refractivity contribution in [2.45, 2.75) is 44.9 Å². The zero-order valence-electron chi connectivity index (χ0n) is 33.5. The summed E-state index contributed by atoms with van der Waals surface area (Å²) < 4.78 is 0. The summed E-state index contributed by atoms with van der Waals surface area (Å²) in [5.74, 6) is 0.776. The second-order valence-electron chi connectivity index (χ2n) is 16.6. The van der Waals surface area contributed by atoms with Crippen molar-refractivity contribution in [2.75, 3.05) is 10.2 Å². The average Bonchev–Trinajstić information content (AvgIpc) is 3.50. The predicted octanol–water partition coefficient (Wildman–Crippen LogP) is 15.3. The van der Waals surface area contributed by atoms with E-state index in [1.54, 1.807) is 0 Å². The average molecular weight is 749 g/mol. The molecule has 10 rings (SSSR count). The number of nitrogens with one attached hydrogen (secondary N) is 1. The summed E-state index contributed by atoms with van der Waals surface area (Å²) in [4.78, 5) is 2.40. The van der Waals surface area contributed by atoms with Gasteiger partial charge in [0.2, 0.25) is 0 Å². The van der Waals surface area contributed by atoms with Crippen LogP contribution in [0.4, 0.5) is 28.4 Å². The molecule has 0 spiro atoms. The maximum atomic E-state index is 3.82. The van der Waals surface area contributed by atoms with Crippen LogP contribution < -0.4 is 10.2 Å². The Kier molecular flexibility index (Phi) is 9.06. The molecule has 3 aliphatic carbocycles. The molecule has 1 N–H and O–H groups in total. The van der Waals surface area contributed by atoms with E-state index >= 15 is 0 Å². The van der Waals surface area contributed by atoms with Gasteiger partial charge in [-0.2, -0.15) is 0 Å². The molecule has 3 aliphatic rings. The Morgan fingerprint density at radius 3 is 1.88 bits per heavy atom. The van der Waals surface area contributed by atoms with Gasteiger partial charge in [-0.3, -0.25) is 0 Å². The summed E-state index contributed by atoms with van der Waals surface area (Å²) in [6.07, 6.45) is 16.0. The molecule has 0 amide bonds. The third-order valence-corrected chi connectivity index (χ3v) is 12.7. The monoisotopic (exact) mass is 748 g/mol. The van der Waals surface area contributed by atoms with Crippen LogP contribution in [0.1, 0.15) is 60.9 Å². The lowest BCUT2D eigenvalue weighted by Gasteiger charge is -2.28. The number of fused-ring (bicyclic) bond motifs is 4. The molecule has 282 valence electrons. The number of hydrogen-bond donors (Lipinski definition) is 1. The second-order valence-corrected chi connectivity index (χ2v) is 16.6. The summed E-state index contributed by atoms with van der Waals surface area (Å²) in [6, 6.07) is 58.0. The Morgan fingerprint density at radius 2 is 1.17 bits per heavy atom. The van der Waals surface area contributed by atoms with Gasteiger partial charge in [0.15, 0.2) is 0 Å². The predicted molar refractivity (Wildman–Crippen MR) is 247 cm³/mol. The van der Waals surface area contributed by atoms with Crippen LogP contribution in [0, 0.1) is 5.92 Å². The van der Waals surface area contributed by atoms with E-state index < -0.39 is 0 Å². The molecule has 0 bridgehead atoms. The van der Waals surface area contributed by atoms with Crippen LogP contribution in [0.5, 0.6) is 0 Å². The van der Waals surface area contributed by atoms with E-state index in [-0.39, 0.29) is 5.41 Å². The van der Waals surface area contributed by atoms with E-state index in [4.69, 9.17) is 0 Å². The third kappa shape index (κ3) is 6.39. The number of nitrogens with zero attached hydrogens (tertiary/aromatic N) is 1. The zero-order chi connectivity index (χ0) is 39.2. The fourth-order valence-corrected chi connectivity index (χ4v) is 9.50. The molecule has 2 nitrogen and oxygen atoms in total. The van der Waals surface area contributed by atoms with E-state index in [1.165, 1.54) is 66.9 Å². The molecule has 2 unspecified atom stereocenters. The summed E-state index contributed by atoms with van der Waals surface area (Å²) in [5, 5.41) is 3.82. The third-order valence-electron chi connectivity index (χ3n) is 12.7. The first-order valence-electron chi connectivity index (χ1n) is 20.8. The molecular formula is C56H48N2. The molecule has 7 aromatic carbocycles. The minimum atomic E-state index is -0.0864. The molecule has 0 aromatic heterocycles. The van der Waals surface area contributed by atoms with Crippen molar-refractivity contribution in [1.29, 1.82) is 0 Å². The van der Waals surface area contributed by atoms with Gasteiger partial charge >= 0.3 is 0 Å².